The van der Waals surface area contributed by atoms with E-state index < -0.39 is 27.8 Å². The zero-order valence-corrected chi connectivity index (χ0v) is 16.2. The minimum absolute atomic E-state index is 0.0141. The van der Waals surface area contributed by atoms with Crippen molar-refractivity contribution in [2.75, 3.05) is 12.4 Å². The minimum Gasteiger partial charge on any atom is -0.300 e. The van der Waals surface area contributed by atoms with Crippen molar-refractivity contribution in [2.45, 2.75) is 17.9 Å². The van der Waals surface area contributed by atoms with Crippen molar-refractivity contribution < 1.29 is 18.0 Å². The van der Waals surface area contributed by atoms with Crippen LogP contribution in [-0.2, 0) is 14.8 Å². The van der Waals surface area contributed by atoms with E-state index >= 15 is 0 Å². The number of aryl methyl sites for hydroxylation is 1. The number of hydrogen-bond acceptors (Lipinski definition) is 7. The first-order chi connectivity index (χ1) is 12.3. The molecule has 1 aromatic carbocycles. The van der Waals surface area contributed by atoms with Crippen molar-refractivity contribution in [3.05, 3.63) is 40.2 Å². The number of thiophene rings is 1. The predicted molar refractivity (Wildman–Crippen MR) is 100 cm³/mol. The van der Waals surface area contributed by atoms with Gasteiger partial charge in [-0.2, -0.15) is 4.31 Å². The molecular formula is C16H13N3O4S3. The molecule has 0 saturated carbocycles. The summed E-state index contributed by atoms with van der Waals surface area (Å²) in [6, 6.07) is 5.47. The van der Waals surface area contributed by atoms with Crippen LogP contribution in [0, 0.1) is 6.92 Å². The fourth-order valence-corrected chi connectivity index (χ4v) is 6.69. The van der Waals surface area contributed by atoms with Crippen LogP contribution in [0.25, 0.3) is 10.1 Å². The van der Waals surface area contributed by atoms with Crippen LogP contribution >= 0.6 is 22.7 Å². The zero-order valence-electron chi connectivity index (χ0n) is 13.7. The molecule has 2 aromatic heterocycles. The van der Waals surface area contributed by atoms with Crippen LogP contribution in [0.3, 0.4) is 0 Å². The van der Waals surface area contributed by atoms with E-state index in [2.05, 4.69) is 10.3 Å². The lowest BCUT2D eigenvalue weighted by Gasteiger charge is -2.29. The molecule has 1 unspecified atom stereocenters. The summed E-state index contributed by atoms with van der Waals surface area (Å²) in [6.45, 7) is 1.78. The number of likely N-dealkylation sites (N-methyl/N-ethyl adjacent to an activating group) is 1. The lowest BCUT2D eigenvalue weighted by Crippen LogP contribution is -2.52. The minimum atomic E-state index is -3.97. The Labute approximate surface area is 157 Å². The molecule has 1 atom stereocenters. The highest BCUT2D eigenvalue weighted by Crippen LogP contribution is 2.40. The lowest BCUT2D eigenvalue weighted by molar-refractivity contribution is -0.118. The second-order valence-corrected chi connectivity index (χ2v) is 9.67. The highest BCUT2D eigenvalue weighted by atomic mass is 32.2. The van der Waals surface area contributed by atoms with Crippen molar-refractivity contribution in [2.24, 2.45) is 0 Å². The average molecular weight is 407 g/mol. The molecule has 1 amide bonds. The van der Waals surface area contributed by atoms with Gasteiger partial charge in [0.2, 0.25) is 15.8 Å². The number of Topliss-reactive ketones (excluding diaryl/α,β-unsaturated/α-hetero) is 1. The molecule has 10 heteroatoms. The van der Waals surface area contributed by atoms with Gasteiger partial charge >= 0.3 is 0 Å². The molecule has 0 saturated heterocycles. The van der Waals surface area contributed by atoms with Crippen LogP contribution in [0.1, 0.15) is 15.4 Å². The summed E-state index contributed by atoms with van der Waals surface area (Å²) in [5, 5.41) is 5.12. The lowest BCUT2D eigenvalue weighted by atomic mass is 10.1. The van der Waals surface area contributed by atoms with E-state index in [1.807, 2.05) is 0 Å². The van der Waals surface area contributed by atoms with E-state index in [0.29, 0.717) is 15.2 Å². The van der Waals surface area contributed by atoms with E-state index in [4.69, 9.17) is 0 Å². The second-order valence-electron chi connectivity index (χ2n) is 5.83. The fraction of sp³-hybridized carbons (Fsp3) is 0.188. The third-order valence-corrected chi connectivity index (χ3v) is 8.22. The standard InChI is InChI=1S/C16H13N3O4S3/c1-8-7-24-16(17-8)18-15(21)11-12(20)13-14(26(22,23)19(11)2)9-5-3-4-6-10(9)25-13/h3-7,11H,1-2H3,(H,17,18,21). The van der Waals surface area contributed by atoms with E-state index in [9.17, 15) is 18.0 Å². The molecule has 0 aliphatic carbocycles. The molecule has 0 fully saturated rings. The molecule has 3 aromatic rings. The van der Waals surface area contributed by atoms with Gasteiger partial charge in [-0.05, 0) is 13.0 Å². The number of amides is 1. The Balaban J connectivity index is 1.81. The summed E-state index contributed by atoms with van der Waals surface area (Å²) in [5.41, 5.74) is 0.730. The smallest absolute Gasteiger partial charge is 0.252 e. The van der Waals surface area contributed by atoms with Crippen LogP contribution in [-0.4, -0.2) is 42.5 Å². The number of nitrogens with zero attached hydrogens (tertiary/aromatic N) is 2. The highest BCUT2D eigenvalue weighted by molar-refractivity contribution is 7.89. The summed E-state index contributed by atoms with van der Waals surface area (Å²) in [7, 11) is -2.72. The maximum atomic E-state index is 13.0. The van der Waals surface area contributed by atoms with Crippen LogP contribution in [0.5, 0.6) is 0 Å². The van der Waals surface area contributed by atoms with Crippen LogP contribution < -0.4 is 5.32 Å². The van der Waals surface area contributed by atoms with Gasteiger partial charge in [-0.15, -0.1) is 22.7 Å². The molecule has 1 aliphatic heterocycles. The molecule has 26 heavy (non-hydrogen) atoms. The van der Waals surface area contributed by atoms with Crippen molar-refractivity contribution in [1.29, 1.82) is 0 Å². The molecule has 4 rings (SSSR count). The Morgan fingerprint density at radius 2 is 2.04 bits per heavy atom. The largest absolute Gasteiger partial charge is 0.300 e. The maximum Gasteiger partial charge on any atom is 0.252 e. The molecule has 1 N–H and O–H groups in total. The first-order valence-electron chi connectivity index (χ1n) is 7.57. The van der Waals surface area contributed by atoms with E-state index in [-0.39, 0.29) is 9.77 Å². The third-order valence-electron chi connectivity index (χ3n) is 4.12. The molecule has 134 valence electrons. The van der Waals surface area contributed by atoms with Gasteiger partial charge < -0.3 is 5.32 Å². The normalized spacial score (nSPS) is 19.5. The SMILES string of the molecule is Cc1csc(NC(=O)C2C(=O)c3sc4ccccc4c3S(=O)(=O)N2C)n1. The Morgan fingerprint density at radius 3 is 2.73 bits per heavy atom. The van der Waals surface area contributed by atoms with E-state index in [1.165, 1.54) is 18.4 Å². The van der Waals surface area contributed by atoms with Gasteiger partial charge in [0.25, 0.3) is 5.91 Å². The molecular weight excluding hydrogens is 394 g/mol. The highest BCUT2D eigenvalue weighted by Gasteiger charge is 2.47. The Bertz CT molecular complexity index is 1160. The van der Waals surface area contributed by atoms with Gasteiger partial charge in [0.15, 0.2) is 11.2 Å². The van der Waals surface area contributed by atoms with Crippen LogP contribution in [0.4, 0.5) is 5.13 Å². The topological polar surface area (TPSA) is 96.4 Å². The van der Waals surface area contributed by atoms with Gasteiger partial charge in [-0.25, -0.2) is 13.4 Å². The number of carbonyl (C=O) groups is 2. The number of thiazole rings is 1. The Kier molecular flexibility index (Phi) is 3.95. The van der Waals surface area contributed by atoms with Crippen molar-refractivity contribution in [3.8, 4) is 0 Å². The van der Waals surface area contributed by atoms with Gasteiger partial charge in [0.05, 0.1) is 10.6 Å². The number of anilines is 1. The van der Waals surface area contributed by atoms with Gasteiger partial charge in [0, 0.05) is 22.5 Å². The van der Waals surface area contributed by atoms with Gasteiger partial charge in [-0.1, -0.05) is 18.2 Å². The fourth-order valence-electron chi connectivity index (χ4n) is 2.88. The molecule has 3 heterocycles. The number of sulfonamides is 1. The van der Waals surface area contributed by atoms with E-state index in [0.717, 1.165) is 21.3 Å². The number of ketones is 1. The number of rotatable bonds is 2. The number of hydrogen-bond donors (Lipinski definition) is 1. The van der Waals surface area contributed by atoms with Gasteiger partial charge in [0.1, 0.15) is 4.90 Å². The summed E-state index contributed by atoms with van der Waals surface area (Å²) < 4.78 is 27.5. The average Bonchev–Trinajstić information content (AvgIpc) is 3.17. The van der Waals surface area contributed by atoms with E-state index in [1.54, 1.807) is 36.6 Å². The predicted octanol–water partition coefficient (Wildman–Crippen LogP) is 2.49. The number of benzene rings is 1. The third kappa shape index (κ3) is 2.49. The number of aromatic nitrogens is 1. The van der Waals surface area contributed by atoms with Crippen molar-refractivity contribution in [3.63, 3.8) is 0 Å². The summed E-state index contributed by atoms with van der Waals surface area (Å²) in [6.07, 6.45) is 0. The van der Waals surface area contributed by atoms with Crippen molar-refractivity contribution >= 4 is 59.6 Å². The summed E-state index contributed by atoms with van der Waals surface area (Å²) >= 11 is 2.31. The molecule has 0 radical (unpaired) electrons. The molecule has 0 spiro atoms. The molecule has 1 aliphatic rings. The molecule has 7 nitrogen and oxygen atoms in total. The monoisotopic (exact) mass is 407 g/mol. The second kappa shape index (κ2) is 5.95. The number of carbonyl (C=O) groups excluding carboxylic acids is 2. The summed E-state index contributed by atoms with van der Waals surface area (Å²) in [5.74, 6) is -1.23. The Morgan fingerprint density at radius 1 is 1.31 bits per heavy atom. The number of fused-ring (bicyclic) bond motifs is 3. The van der Waals surface area contributed by atoms with Crippen LogP contribution in [0.15, 0.2) is 34.5 Å². The quantitative estimate of drug-likeness (QED) is 0.659. The first-order valence-corrected chi connectivity index (χ1v) is 10.7. The zero-order chi connectivity index (χ0) is 18.6. The maximum absolute atomic E-state index is 13.0. The molecule has 0 bridgehead atoms. The van der Waals surface area contributed by atoms with Gasteiger partial charge in [-0.3, -0.25) is 9.59 Å². The van der Waals surface area contributed by atoms with Crippen molar-refractivity contribution in [1.82, 2.24) is 9.29 Å². The van der Waals surface area contributed by atoms with Crippen LogP contribution in [0.2, 0.25) is 0 Å². The number of nitrogens with one attached hydrogen (secondary N) is 1. The first kappa shape index (κ1) is 17.3. The summed E-state index contributed by atoms with van der Waals surface area (Å²) in [4.78, 5) is 29.8. The Hall–Kier alpha value is -2.14.